The van der Waals surface area contributed by atoms with Gasteiger partial charge in [0.1, 0.15) is 5.82 Å². The van der Waals surface area contributed by atoms with Crippen LogP contribution in [0, 0.1) is 5.82 Å². The van der Waals surface area contributed by atoms with Gasteiger partial charge in [-0.2, -0.15) is 0 Å². The smallest absolute Gasteiger partial charge is 0.151 e. The number of hydrogen-bond acceptors (Lipinski definition) is 5. The Hall–Kier alpha value is -1.02. The lowest BCUT2D eigenvalue weighted by Gasteiger charge is -2.25. The second-order valence-electron chi connectivity index (χ2n) is 5.76. The van der Waals surface area contributed by atoms with E-state index < -0.39 is 15.9 Å². The van der Waals surface area contributed by atoms with Gasteiger partial charge in [0.15, 0.2) is 9.84 Å². The van der Waals surface area contributed by atoms with Crippen LogP contribution in [0.2, 0.25) is 0 Å². The molecular formula is C15H22FNO4S. The zero-order valence-corrected chi connectivity index (χ0v) is 13.4. The Morgan fingerprint density at radius 2 is 2.18 bits per heavy atom. The molecule has 5 nitrogen and oxygen atoms in total. The highest BCUT2D eigenvalue weighted by molar-refractivity contribution is 7.91. The van der Waals surface area contributed by atoms with Crippen molar-refractivity contribution < 1.29 is 22.7 Å². The van der Waals surface area contributed by atoms with E-state index in [1.54, 1.807) is 25.2 Å². The normalized spacial score (nSPS) is 22.1. The lowest BCUT2D eigenvalue weighted by molar-refractivity contribution is 0.00837. The molecule has 1 N–H and O–H groups in total. The van der Waals surface area contributed by atoms with Crippen molar-refractivity contribution in [3.8, 4) is 0 Å². The van der Waals surface area contributed by atoms with Gasteiger partial charge in [0.25, 0.3) is 0 Å². The van der Waals surface area contributed by atoms with Gasteiger partial charge in [0.2, 0.25) is 0 Å². The maximum absolute atomic E-state index is 13.4. The zero-order valence-electron chi connectivity index (χ0n) is 12.6. The van der Waals surface area contributed by atoms with Crippen LogP contribution in [0.4, 0.5) is 4.39 Å². The molecule has 0 spiro atoms. The van der Waals surface area contributed by atoms with E-state index in [1.807, 2.05) is 4.90 Å². The molecule has 0 saturated carbocycles. The Morgan fingerprint density at radius 3 is 2.82 bits per heavy atom. The minimum atomic E-state index is -2.93. The minimum Gasteiger partial charge on any atom is -0.389 e. The fourth-order valence-electron chi connectivity index (χ4n) is 2.58. The van der Waals surface area contributed by atoms with E-state index in [9.17, 15) is 17.9 Å². The topological polar surface area (TPSA) is 66.8 Å². The molecule has 2 atom stereocenters. The lowest BCUT2D eigenvalue weighted by atomic mass is 10.2. The van der Waals surface area contributed by atoms with Gasteiger partial charge in [0, 0.05) is 18.2 Å². The molecule has 1 aromatic rings. The van der Waals surface area contributed by atoms with Crippen LogP contribution < -0.4 is 0 Å². The molecule has 22 heavy (non-hydrogen) atoms. The molecule has 1 aliphatic heterocycles. The molecule has 124 valence electrons. The molecule has 0 aliphatic carbocycles. The lowest BCUT2D eigenvalue weighted by Crippen LogP contribution is -2.39. The fraction of sp³-hybridized carbons (Fsp3) is 0.600. The van der Waals surface area contributed by atoms with Crippen molar-refractivity contribution in [1.29, 1.82) is 0 Å². The quantitative estimate of drug-likeness (QED) is 0.801. The monoisotopic (exact) mass is 331 g/mol. The van der Waals surface area contributed by atoms with E-state index in [1.165, 1.54) is 6.07 Å². The van der Waals surface area contributed by atoms with E-state index in [0.29, 0.717) is 18.5 Å². The number of aliphatic hydroxyl groups excluding tert-OH is 1. The van der Waals surface area contributed by atoms with E-state index in [-0.39, 0.29) is 36.6 Å². The van der Waals surface area contributed by atoms with Crippen molar-refractivity contribution in [3.63, 3.8) is 0 Å². The first-order valence-corrected chi connectivity index (χ1v) is 9.09. The number of aliphatic hydroxyl groups is 1. The van der Waals surface area contributed by atoms with Crippen LogP contribution >= 0.6 is 0 Å². The molecule has 2 rings (SSSR count). The van der Waals surface area contributed by atoms with Gasteiger partial charge in [-0.1, -0.05) is 18.2 Å². The SMILES string of the molecule is CN(C[C@H](O)COCc1ccccc1F)[C@@H]1CCS(=O)(=O)C1. The van der Waals surface area contributed by atoms with Crippen LogP contribution in [0.1, 0.15) is 12.0 Å². The van der Waals surface area contributed by atoms with Gasteiger partial charge in [-0.05, 0) is 19.5 Å². The van der Waals surface area contributed by atoms with Crippen LogP contribution in [0.5, 0.6) is 0 Å². The first-order chi connectivity index (χ1) is 10.4. The summed E-state index contributed by atoms with van der Waals surface area (Å²) in [5, 5.41) is 9.95. The molecule has 0 radical (unpaired) electrons. The van der Waals surface area contributed by atoms with Gasteiger partial charge in [0.05, 0.1) is 30.8 Å². The summed E-state index contributed by atoms with van der Waals surface area (Å²) in [6, 6.07) is 6.29. The highest BCUT2D eigenvalue weighted by atomic mass is 32.2. The predicted octanol–water partition coefficient (Wildman–Crippen LogP) is 0.822. The summed E-state index contributed by atoms with van der Waals surface area (Å²) in [6.07, 6.45) is -0.137. The maximum Gasteiger partial charge on any atom is 0.151 e. The van der Waals surface area contributed by atoms with Gasteiger partial charge >= 0.3 is 0 Å². The zero-order chi connectivity index (χ0) is 16.2. The number of sulfone groups is 1. The predicted molar refractivity (Wildman–Crippen MR) is 81.8 cm³/mol. The molecule has 0 unspecified atom stereocenters. The largest absolute Gasteiger partial charge is 0.389 e. The Kier molecular flexibility index (Phi) is 5.91. The molecule has 0 aromatic heterocycles. The highest BCUT2D eigenvalue weighted by Crippen LogP contribution is 2.16. The molecule has 1 aromatic carbocycles. The number of likely N-dealkylation sites (N-methyl/N-ethyl adjacent to an activating group) is 1. The molecule has 0 bridgehead atoms. The molecule has 1 saturated heterocycles. The molecule has 1 heterocycles. The molecule has 1 aliphatic rings. The second-order valence-corrected chi connectivity index (χ2v) is 7.99. The van der Waals surface area contributed by atoms with Gasteiger partial charge in [-0.25, -0.2) is 12.8 Å². The Balaban J connectivity index is 1.72. The van der Waals surface area contributed by atoms with Gasteiger partial charge in [-0.3, -0.25) is 4.90 Å². The van der Waals surface area contributed by atoms with Crippen LogP contribution in [0.25, 0.3) is 0 Å². The number of nitrogens with zero attached hydrogens (tertiary/aromatic N) is 1. The fourth-order valence-corrected chi connectivity index (χ4v) is 4.38. The van der Waals surface area contributed by atoms with Crippen LogP contribution in [-0.4, -0.2) is 62.3 Å². The summed E-state index contributed by atoms with van der Waals surface area (Å²) >= 11 is 0. The summed E-state index contributed by atoms with van der Waals surface area (Å²) in [5.41, 5.74) is 0.449. The van der Waals surface area contributed by atoms with Crippen molar-refractivity contribution in [1.82, 2.24) is 4.90 Å². The molecule has 0 amide bonds. The number of ether oxygens (including phenoxy) is 1. The molecular weight excluding hydrogens is 309 g/mol. The third kappa shape index (κ3) is 5.01. The number of rotatable bonds is 7. The standard InChI is InChI=1S/C15H22FNO4S/c1-17(13-6-7-22(19,20)11-13)8-14(18)10-21-9-12-4-2-3-5-15(12)16/h2-5,13-14,18H,6-11H2,1H3/t13-,14+/m1/s1. The summed E-state index contributed by atoms with van der Waals surface area (Å²) in [5.74, 6) is 0.0269. The average molecular weight is 331 g/mol. The summed E-state index contributed by atoms with van der Waals surface area (Å²) < 4.78 is 41.6. The van der Waals surface area contributed by atoms with E-state index in [2.05, 4.69) is 0 Å². The summed E-state index contributed by atoms with van der Waals surface area (Å²) in [6.45, 7) is 0.515. The first-order valence-electron chi connectivity index (χ1n) is 7.27. The molecule has 7 heteroatoms. The third-order valence-electron chi connectivity index (χ3n) is 3.86. The van der Waals surface area contributed by atoms with Crippen molar-refractivity contribution in [2.24, 2.45) is 0 Å². The van der Waals surface area contributed by atoms with Crippen LogP contribution in [-0.2, 0) is 21.2 Å². The van der Waals surface area contributed by atoms with Crippen LogP contribution in [0.3, 0.4) is 0 Å². The minimum absolute atomic E-state index is 0.0498. The van der Waals surface area contributed by atoms with E-state index >= 15 is 0 Å². The average Bonchev–Trinajstić information content (AvgIpc) is 2.81. The Bertz CT molecular complexity index is 593. The first kappa shape index (κ1) is 17.3. The van der Waals surface area contributed by atoms with E-state index in [0.717, 1.165) is 0 Å². The summed E-state index contributed by atoms with van der Waals surface area (Å²) in [7, 11) is -1.13. The third-order valence-corrected chi connectivity index (χ3v) is 5.61. The van der Waals surface area contributed by atoms with Gasteiger partial charge < -0.3 is 9.84 Å². The number of benzene rings is 1. The summed E-state index contributed by atoms with van der Waals surface area (Å²) in [4.78, 5) is 1.85. The Labute approximate surface area is 130 Å². The van der Waals surface area contributed by atoms with Crippen molar-refractivity contribution >= 4 is 9.84 Å². The number of hydrogen-bond donors (Lipinski definition) is 1. The number of halogens is 1. The van der Waals surface area contributed by atoms with Crippen molar-refractivity contribution in [3.05, 3.63) is 35.6 Å². The molecule has 1 fully saturated rings. The van der Waals surface area contributed by atoms with E-state index in [4.69, 9.17) is 4.74 Å². The van der Waals surface area contributed by atoms with Crippen molar-refractivity contribution in [2.45, 2.75) is 25.2 Å². The van der Waals surface area contributed by atoms with Gasteiger partial charge in [-0.15, -0.1) is 0 Å². The van der Waals surface area contributed by atoms with Crippen molar-refractivity contribution in [2.75, 3.05) is 31.7 Å². The Morgan fingerprint density at radius 1 is 1.45 bits per heavy atom. The highest BCUT2D eigenvalue weighted by Gasteiger charge is 2.31. The maximum atomic E-state index is 13.4. The van der Waals surface area contributed by atoms with Crippen LogP contribution in [0.15, 0.2) is 24.3 Å². The second kappa shape index (κ2) is 7.50.